The van der Waals surface area contributed by atoms with Crippen LogP contribution < -0.4 is 0 Å². The molecule has 1 aromatic rings. The molecule has 0 N–H and O–H groups in total. The molecular formula is C8H4BrFIN. The molecule has 0 radical (unpaired) electrons. The Bertz CT molecular complexity index is 346. The molecule has 0 saturated heterocycles. The van der Waals surface area contributed by atoms with Gasteiger partial charge < -0.3 is 0 Å². The molecule has 62 valence electrons. The fourth-order valence-electron chi connectivity index (χ4n) is 0.823. The molecule has 1 rings (SSSR count). The monoisotopic (exact) mass is 339 g/mol. The Kier molecular flexibility index (Phi) is 3.47. The average Bonchev–Trinajstić information content (AvgIpc) is 2.00. The van der Waals surface area contributed by atoms with E-state index < -0.39 is 0 Å². The smallest absolute Gasteiger partial charge is 0.137 e. The molecule has 0 unspecified atom stereocenters. The number of nitrogens with zero attached hydrogens (tertiary/aromatic N) is 1. The quantitative estimate of drug-likeness (QED) is 0.569. The van der Waals surface area contributed by atoms with E-state index in [1.165, 1.54) is 6.07 Å². The summed E-state index contributed by atoms with van der Waals surface area (Å²) in [4.78, 5) is 0. The van der Waals surface area contributed by atoms with E-state index in [0.29, 0.717) is 8.04 Å². The van der Waals surface area contributed by atoms with Gasteiger partial charge in [-0.05, 0) is 40.3 Å². The van der Waals surface area contributed by atoms with Crippen LogP contribution in [0.3, 0.4) is 0 Å². The van der Waals surface area contributed by atoms with E-state index in [9.17, 15) is 4.39 Å². The first-order valence-corrected chi connectivity index (χ1v) is 5.02. The lowest BCUT2D eigenvalue weighted by Gasteiger charge is -2.01. The van der Waals surface area contributed by atoms with E-state index in [4.69, 9.17) is 5.26 Å². The summed E-state index contributed by atoms with van der Waals surface area (Å²) in [6.45, 7) is 0. The van der Waals surface area contributed by atoms with Crippen LogP contribution in [-0.2, 0) is 6.42 Å². The average molecular weight is 340 g/mol. The van der Waals surface area contributed by atoms with Gasteiger partial charge in [-0.3, -0.25) is 0 Å². The lowest BCUT2D eigenvalue weighted by atomic mass is 10.2. The standard InChI is InChI=1S/C8H4BrFIN/c9-6-3-5(1-2-12)8(11)7(10)4-6/h3-4H,1H2. The highest BCUT2D eigenvalue weighted by Gasteiger charge is 2.06. The summed E-state index contributed by atoms with van der Waals surface area (Å²) >= 11 is 5.06. The largest absolute Gasteiger partial charge is 0.206 e. The second kappa shape index (κ2) is 4.19. The van der Waals surface area contributed by atoms with Crippen molar-refractivity contribution in [2.75, 3.05) is 0 Å². The Hall–Kier alpha value is -0.150. The maximum Gasteiger partial charge on any atom is 0.137 e. The zero-order valence-corrected chi connectivity index (χ0v) is 9.69. The molecule has 0 fully saturated rings. The zero-order chi connectivity index (χ0) is 9.14. The molecule has 0 saturated carbocycles. The minimum atomic E-state index is -0.282. The van der Waals surface area contributed by atoms with Crippen LogP contribution >= 0.6 is 38.5 Å². The van der Waals surface area contributed by atoms with Crippen molar-refractivity contribution < 1.29 is 4.39 Å². The molecule has 0 aliphatic carbocycles. The third-order valence-corrected chi connectivity index (χ3v) is 3.00. The molecule has 0 atom stereocenters. The van der Waals surface area contributed by atoms with Crippen LogP contribution in [0.1, 0.15) is 5.56 Å². The van der Waals surface area contributed by atoms with Gasteiger partial charge in [0.15, 0.2) is 0 Å². The molecule has 0 aromatic heterocycles. The molecule has 1 nitrogen and oxygen atoms in total. The first-order chi connectivity index (χ1) is 5.65. The Morgan fingerprint density at radius 3 is 2.83 bits per heavy atom. The summed E-state index contributed by atoms with van der Waals surface area (Å²) in [7, 11) is 0. The summed E-state index contributed by atoms with van der Waals surface area (Å²) in [5, 5.41) is 8.43. The highest BCUT2D eigenvalue weighted by molar-refractivity contribution is 14.1. The van der Waals surface area contributed by atoms with E-state index in [1.54, 1.807) is 6.07 Å². The number of halogens is 3. The van der Waals surface area contributed by atoms with Crippen LogP contribution in [0.15, 0.2) is 16.6 Å². The molecule has 0 spiro atoms. The summed E-state index contributed by atoms with van der Waals surface area (Å²) in [5.74, 6) is -0.282. The van der Waals surface area contributed by atoms with Crippen LogP contribution in [0.2, 0.25) is 0 Å². The fraction of sp³-hybridized carbons (Fsp3) is 0.125. The summed E-state index contributed by atoms with van der Waals surface area (Å²) in [6.07, 6.45) is 0.245. The van der Waals surface area contributed by atoms with Gasteiger partial charge in [-0.2, -0.15) is 5.26 Å². The molecule has 0 aliphatic heterocycles. The van der Waals surface area contributed by atoms with E-state index in [1.807, 2.05) is 28.7 Å². The van der Waals surface area contributed by atoms with Crippen LogP contribution in [0.5, 0.6) is 0 Å². The second-order valence-corrected chi connectivity index (χ2v) is 4.19. The van der Waals surface area contributed by atoms with Crippen LogP contribution in [0.4, 0.5) is 4.39 Å². The van der Waals surface area contributed by atoms with Crippen molar-refractivity contribution in [2.45, 2.75) is 6.42 Å². The Morgan fingerprint density at radius 2 is 2.25 bits per heavy atom. The highest BCUT2D eigenvalue weighted by atomic mass is 127. The van der Waals surface area contributed by atoms with Crippen molar-refractivity contribution in [1.82, 2.24) is 0 Å². The number of hydrogen-bond donors (Lipinski definition) is 0. The molecular weight excluding hydrogens is 336 g/mol. The molecule has 0 heterocycles. The van der Waals surface area contributed by atoms with Crippen molar-refractivity contribution >= 4 is 38.5 Å². The van der Waals surface area contributed by atoms with E-state index in [2.05, 4.69) is 15.9 Å². The molecule has 1 aromatic carbocycles. The molecule has 4 heteroatoms. The zero-order valence-electron chi connectivity index (χ0n) is 5.94. The lowest BCUT2D eigenvalue weighted by molar-refractivity contribution is 0.617. The minimum Gasteiger partial charge on any atom is -0.206 e. The number of rotatable bonds is 1. The van der Waals surface area contributed by atoms with E-state index >= 15 is 0 Å². The fourth-order valence-corrected chi connectivity index (χ4v) is 1.80. The number of hydrogen-bond acceptors (Lipinski definition) is 1. The highest BCUT2D eigenvalue weighted by Crippen LogP contribution is 2.22. The van der Waals surface area contributed by atoms with Gasteiger partial charge in [-0.1, -0.05) is 15.9 Å². The van der Waals surface area contributed by atoms with Gasteiger partial charge in [0, 0.05) is 4.47 Å². The third-order valence-electron chi connectivity index (χ3n) is 1.34. The van der Waals surface area contributed by atoms with Crippen LogP contribution in [0, 0.1) is 20.7 Å². The number of benzene rings is 1. The Balaban J connectivity index is 3.20. The van der Waals surface area contributed by atoms with E-state index in [-0.39, 0.29) is 12.2 Å². The first kappa shape index (κ1) is 9.93. The minimum absolute atomic E-state index is 0.245. The Morgan fingerprint density at radius 1 is 1.58 bits per heavy atom. The topological polar surface area (TPSA) is 23.8 Å². The molecule has 0 amide bonds. The van der Waals surface area contributed by atoms with Gasteiger partial charge >= 0.3 is 0 Å². The SMILES string of the molecule is N#CCc1cc(Br)cc(F)c1I. The van der Waals surface area contributed by atoms with E-state index in [0.717, 1.165) is 5.56 Å². The molecule has 0 aliphatic rings. The first-order valence-electron chi connectivity index (χ1n) is 3.15. The summed E-state index contributed by atoms with van der Waals surface area (Å²) < 4.78 is 14.2. The van der Waals surface area contributed by atoms with Gasteiger partial charge in [0.25, 0.3) is 0 Å². The maximum atomic E-state index is 13.0. The van der Waals surface area contributed by atoms with Crippen LogP contribution in [-0.4, -0.2) is 0 Å². The maximum absolute atomic E-state index is 13.0. The number of nitriles is 1. The Labute approximate surface area is 91.8 Å². The van der Waals surface area contributed by atoms with Gasteiger partial charge in [-0.15, -0.1) is 0 Å². The van der Waals surface area contributed by atoms with Gasteiger partial charge in [0.2, 0.25) is 0 Å². The van der Waals surface area contributed by atoms with Crippen molar-refractivity contribution in [3.05, 3.63) is 31.6 Å². The van der Waals surface area contributed by atoms with Crippen LogP contribution in [0.25, 0.3) is 0 Å². The predicted molar refractivity (Wildman–Crippen MR) is 56.1 cm³/mol. The lowest BCUT2D eigenvalue weighted by Crippen LogP contribution is -1.91. The molecule has 0 bridgehead atoms. The molecule has 12 heavy (non-hydrogen) atoms. The predicted octanol–water partition coefficient (Wildman–Crippen LogP) is 3.26. The normalized spacial score (nSPS) is 9.50. The summed E-state index contributed by atoms with van der Waals surface area (Å²) in [6, 6.07) is 5.14. The van der Waals surface area contributed by atoms with Gasteiger partial charge in [-0.25, -0.2) is 4.39 Å². The van der Waals surface area contributed by atoms with Crippen molar-refractivity contribution in [3.63, 3.8) is 0 Å². The third kappa shape index (κ3) is 2.17. The van der Waals surface area contributed by atoms with Crippen molar-refractivity contribution in [2.24, 2.45) is 0 Å². The summed E-state index contributed by atoms with van der Waals surface area (Å²) in [5.41, 5.74) is 0.727. The second-order valence-electron chi connectivity index (χ2n) is 2.20. The van der Waals surface area contributed by atoms with Crippen molar-refractivity contribution in [3.8, 4) is 6.07 Å². The van der Waals surface area contributed by atoms with Gasteiger partial charge in [0.05, 0.1) is 16.1 Å². The van der Waals surface area contributed by atoms with Crippen molar-refractivity contribution in [1.29, 1.82) is 5.26 Å². The van der Waals surface area contributed by atoms with Gasteiger partial charge in [0.1, 0.15) is 5.82 Å².